The van der Waals surface area contributed by atoms with Gasteiger partial charge in [-0.25, -0.2) is 0 Å². The summed E-state index contributed by atoms with van der Waals surface area (Å²) in [7, 11) is 0. The van der Waals surface area contributed by atoms with Crippen molar-refractivity contribution < 1.29 is 14.7 Å². The Morgan fingerprint density at radius 3 is 2.16 bits per heavy atom. The lowest BCUT2D eigenvalue weighted by molar-refractivity contribution is -0.136. The Morgan fingerprint density at radius 1 is 0.880 bits per heavy atom. The Bertz CT molecular complexity index is 787. The maximum atomic E-state index is 12.9. The highest BCUT2D eigenvalue weighted by atomic mass is 32.2. The van der Waals surface area contributed by atoms with Crippen LogP contribution >= 0.6 is 11.8 Å². The van der Waals surface area contributed by atoms with Gasteiger partial charge in [-0.15, -0.1) is 11.8 Å². The summed E-state index contributed by atoms with van der Waals surface area (Å²) in [6.45, 7) is 0.308. The number of nitrogens with zero attached hydrogens (tertiary/aromatic N) is 1. The van der Waals surface area contributed by atoms with E-state index in [1.807, 2.05) is 60.7 Å². The molecule has 0 saturated heterocycles. The van der Waals surface area contributed by atoms with Crippen LogP contribution < -0.4 is 0 Å². The van der Waals surface area contributed by atoms with Crippen LogP contribution in [-0.4, -0.2) is 40.7 Å². The first-order valence-corrected chi connectivity index (χ1v) is 9.14. The van der Waals surface area contributed by atoms with Gasteiger partial charge < -0.3 is 5.11 Å². The van der Waals surface area contributed by atoms with E-state index < -0.39 is 0 Å². The summed E-state index contributed by atoms with van der Waals surface area (Å²) >= 11 is 1.24. The van der Waals surface area contributed by atoms with Gasteiger partial charge in [0, 0.05) is 12.3 Å². The van der Waals surface area contributed by atoms with Crippen LogP contribution in [0, 0.1) is 0 Å². The summed E-state index contributed by atoms with van der Waals surface area (Å²) in [5.41, 5.74) is 2.27. The van der Waals surface area contributed by atoms with Crippen LogP contribution in [0.5, 0.6) is 0 Å². The molecule has 3 rings (SSSR count). The summed E-state index contributed by atoms with van der Waals surface area (Å²) in [6, 6.07) is 19.0. The first-order valence-electron chi connectivity index (χ1n) is 8.16. The van der Waals surface area contributed by atoms with Crippen LogP contribution in [0.3, 0.4) is 0 Å². The second-order valence-corrected chi connectivity index (χ2v) is 6.74. The zero-order valence-electron chi connectivity index (χ0n) is 13.7. The van der Waals surface area contributed by atoms with Crippen LogP contribution in [0.25, 0.3) is 5.57 Å². The number of aliphatic hydroxyl groups excluding tert-OH is 1. The third-order valence-corrected chi connectivity index (χ3v) is 5.05. The fourth-order valence-corrected chi connectivity index (χ4v) is 3.66. The molecule has 0 radical (unpaired) electrons. The van der Waals surface area contributed by atoms with Gasteiger partial charge in [0.1, 0.15) is 0 Å². The van der Waals surface area contributed by atoms with Gasteiger partial charge in [-0.1, -0.05) is 60.7 Å². The van der Waals surface area contributed by atoms with E-state index in [0.717, 1.165) is 11.1 Å². The molecule has 5 heteroatoms. The molecular weight excluding hydrogens is 334 g/mol. The molecule has 25 heavy (non-hydrogen) atoms. The van der Waals surface area contributed by atoms with Crippen LogP contribution in [0.1, 0.15) is 11.1 Å². The largest absolute Gasteiger partial charge is 0.396 e. The molecule has 0 saturated carbocycles. The summed E-state index contributed by atoms with van der Waals surface area (Å²) < 4.78 is 0. The van der Waals surface area contributed by atoms with Crippen LogP contribution in [0.4, 0.5) is 0 Å². The predicted octanol–water partition coefficient (Wildman–Crippen LogP) is 2.73. The zero-order chi connectivity index (χ0) is 17.6. The molecule has 1 N–H and O–H groups in total. The van der Waals surface area contributed by atoms with Gasteiger partial charge in [0.2, 0.25) is 0 Å². The molecule has 0 spiro atoms. The van der Waals surface area contributed by atoms with Crippen molar-refractivity contribution in [3.8, 4) is 0 Å². The quantitative estimate of drug-likeness (QED) is 0.778. The number of amides is 2. The van der Waals surface area contributed by atoms with E-state index in [4.69, 9.17) is 5.11 Å². The number of aliphatic hydroxyl groups is 1. The number of rotatable bonds is 7. The molecule has 1 aliphatic heterocycles. The number of hydrogen-bond donors (Lipinski definition) is 1. The topological polar surface area (TPSA) is 57.6 Å². The minimum absolute atomic E-state index is 0.0400. The molecule has 4 nitrogen and oxygen atoms in total. The van der Waals surface area contributed by atoms with Crippen molar-refractivity contribution in [1.29, 1.82) is 0 Å². The van der Waals surface area contributed by atoms with Gasteiger partial charge in [-0.05, 0) is 17.5 Å². The van der Waals surface area contributed by atoms with Crippen molar-refractivity contribution in [2.45, 2.75) is 6.42 Å². The van der Waals surface area contributed by atoms with Crippen molar-refractivity contribution in [1.82, 2.24) is 4.90 Å². The lowest BCUT2D eigenvalue weighted by Gasteiger charge is -2.15. The fourth-order valence-electron chi connectivity index (χ4n) is 2.78. The molecule has 0 unspecified atom stereocenters. The van der Waals surface area contributed by atoms with Crippen molar-refractivity contribution in [3.05, 3.63) is 76.7 Å². The number of carbonyl (C=O) groups is 2. The maximum absolute atomic E-state index is 12.9. The standard InChI is InChI=1S/C20H19NO3S/c22-13-14-25-18-17(16-9-5-2-6-10-16)19(23)21(20(18)24)12-11-15-7-3-1-4-8-15/h1-10,22H,11-14H2. The maximum Gasteiger partial charge on any atom is 0.267 e. The monoisotopic (exact) mass is 353 g/mol. The van der Waals surface area contributed by atoms with E-state index in [2.05, 4.69) is 0 Å². The van der Waals surface area contributed by atoms with Crippen molar-refractivity contribution in [2.24, 2.45) is 0 Å². The van der Waals surface area contributed by atoms with E-state index in [0.29, 0.717) is 29.2 Å². The number of carbonyl (C=O) groups excluding carboxylic acids is 2. The van der Waals surface area contributed by atoms with Crippen molar-refractivity contribution >= 4 is 29.1 Å². The molecular formula is C20H19NO3S. The number of hydrogen-bond acceptors (Lipinski definition) is 4. The molecule has 0 aromatic heterocycles. The zero-order valence-corrected chi connectivity index (χ0v) is 14.5. The average Bonchev–Trinajstić information content (AvgIpc) is 2.89. The van der Waals surface area contributed by atoms with Gasteiger partial charge in [0.05, 0.1) is 17.1 Å². The Labute approximate surface area is 151 Å². The second kappa shape index (κ2) is 8.14. The summed E-state index contributed by atoms with van der Waals surface area (Å²) in [5, 5.41) is 9.10. The van der Waals surface area contributed by atoms with Crippen LogP contribution in [-0.2, 0) is 16.0 Å². The molecule has 0 aliphatic carbocycles. The molecule has 0 bridgehead atoms. The highest BCUT2D eigenvalue weighted by molar-refractivity contribution is 8.04. The average molecular weight is 353 g/mol. The second-order valence-electron chi connectivity index (χ2n) is 5.64. The van der Waals surface area contributed by atoms with E-state index in [1.165, 1.54) is 16.7 Å². The molecule has 1 heterocycles. The number of imide groups is 1. The molecule has 2 aromatic carbocycles. The van der Waals surface area contributed by atoms with E-state index >= 15 is 0 Å². The molecule has 1 aliphatic rings. The Kier molecular flexibility index (Phi) is 5.68. The lowest BCUT2D eigenvalue weighted by Crippen LogP contribution is -2.33. The highest BCUT2D eigenvalue weighted by Gasteiger charge is 2.38. The summed E-state index contributed by atoms with van der Waals surface area (Å²) in [5.74, 6) is -0.136. The smallest absolute Gasteiger partial charge is 0.267 e. The summed E-state index contributed by atoms with van der Waals surface area (Å²) in [4.78, 5) is 27.4. The SMILES string of the molecule is O=C1C(SCCO)=C(c2ccccc2)C(=O)N1CCc1ccccc1. The third kappa shape index (κ3) is 3.83. The minimum atomic E-state index is -0.266. The molecule has 2 amide bonds. The van der Waals surface area contributed by atoms with Gasteiger partial charge >= 0.3 is 0 Å². The highest BCUT2D eigenvalue weighted by Crippen LogP contribution is 2.35. The van der Waals surface area contributed by atoms with Crippen molar-refractivity contribution in [3.63, 3.8) is 0 Å². The van der Waals surface area contributed by atoms with E-state index in [9.17, 15) is 9.59 Å². The van der Waals surface area contributed by atoms with Gasteiger partial charge in [0.15, 0.2) is 0 Å². The van der Waals surface area contributed by atoms with Crippen molar-refractivity contribution in [2.75, 3.05) is 18.9 Å². The Morgan fingerprint density at radius 2 is 1.52 bits per heavy atom. The predicted molar refractivity (Wildman–Crippen MR) is 99.8 cm³/mol. The molecule has 0 atom stereocenters. The fraction of sp³-hybridized carbons (Fsp3) is 0.200. The first-order chi connectivity index (χ1) is 12.2. The molecule has 128 valence electrons. The summed E-state index contributed by atoms with van der Waals surface area (Å²) in [6.07, 6.45) is 0.623. The molecule has 2 aromatic rings. The third-order valence-electron chi connectivity index (χ3n) is 3.99. The Hall–Kier alpha value is -2.37. The van der Waals surface area contributed by atoms with Crippen LogP contribution in [0.15, 0.2) is 65.6 Å². The Balaban J connectivity index is 1.84. The normalized spacial score (nSPS) is 14.5. The van der Waals surface area contributed by atoms with Gasteiger partial charge in [0.25, 0.3) is 11.8 Å². The minimum Gasteiger partial charge on any atom is -0.396 e. The number of benzene rings is 2. The van der Waals surface area contributed by atoms with Gasteiger partial charge in [-0.3, -0.25) is 14.5 Å². The lowest BCUT2D eigenvalue weighted by atomic mass is 10.1. The van der Waals surface area contributed by atoms with Crippen LogP contribution in [0.2, 0.25) is 0 Å². The first kappa shape index (κ1) is 17.5. The number of thioether (sulfide) groups is 1. The van der Waals surface area contributed by atoms with E-state index in [-0.39, 0.29) is 18.4 Å². The molecule has 0 fully saturated rings. The van der Waals surface area contributed by atoms with E-state index in [1.54, 1.807) is 0 Å². The van der Waals surface area contributed by atoms with Gasteiger partial charge in [-0.2, -0.15) is 0 Å².